The molecule has 1 aromatic carbocycles. The average molecular weight is 321 g/mol. The Kier molecular flexibility index (Phi) is 4.19. The van der Waals surface area contributed by atoms with Crippen molar-refractivity contribution in [1.29, 1.82) is 0 Å². The van der Waals surface area contributed by atoms with E-state index in [0.717, 1.165) is 17.9 Å². The van der Waals surface area contributed by atoms with Crippen molar-refractivity contribution in [2.75, 3.05) is 0 Å². The lowest BCUT2D eigenvalue weighted by atomic mass is 9.98. The van der Waals surface area contributed by atoms with Crippen LogP contribution in [0.15, 0.2) is 22.6 Å². The molecule has 1 atom stereocenters. The SMILES string of the molecule is Cc1ccc(CC(Br)c2c(C)oc(C)c2C)cc1C. The van der Waals surface area contributed by atoms with Crippen LogP contribution in [0.4, 0.5) is 0 Å². The van der Waals surface area contributed by atoms with Crippen LogP contribution in [0, 0.1) is 34.6 Å². The first kappa shape index (κ1) is 14.4. The van der Waals surface area contributed by atoms with Crippen molar-refractivity contribution >= 4 is 15.9 Å². The van der Waals surface area contributed by atoms with E-state index in [-0.39, 0.29) is 0 Å². The molecule has 2 rings (SSSR count). The highest BCUT2D eigenvalue weighted by atomic mass is 79.9. The monoisotopic (exact) mass is 320 g/mol. The van der Waals surface area contributed by atoms with Gasteiger partial charge in [-0.2, -0.15) is 0 Å². The van der Waals surface area contributed by atoms with Gasteiger partial charge in [-0.1, -0.05) is 34.1 Å². The van der Waals surface area contributed by atoms with Crippen LogP contribution in [0.1, 0.15) is 44.2 Å². The summed E-state index contributed by atoms with van der Waals surface area (Å²) in [6, 6.07) is 6.69. The molecule has 1 unspecified atom stereocenters. The van der Waals surface area contributed by atoms with Gasteiger partial charge in [0.15, 0.2) is 0 Å². The second kappa shape index (κ2) is 5.54. The first-order chi connectivity index (χ1) is 8.90. The van der Waals surface area contributed by atoms with Gasteiger partial charge in [0.25, 0.3) is 0 Å². The summed E-state index contributed by atoms with van der Waals surface area (Å²) in [7, 11) is 0. The highest BCUT2D eigenvalue weighted by molar-refractivity contribution is 9.09. The van der Waals surface area contributed by atoms with Gasteiger partial charge in [0, 0.05) is 10.4 Å². The van der Waals surface area contributed by atoms with Crippen molar-refractivity contribution in [3.05, 3.63) is 57.5 Å². The standard InChI is InChI=1S/C17H21BrO/c1-10-6-7-15(8-11(10)2)9-16(18)17-12(3)13(4)19-14(17)5/h6-8,16H,9H2,1-5H3. The van der Waals surface area contributed by atoms with E-state index in [1.807, 2.05) is 13.8 Å². The zero-order valence-corrected chi connectivity index (χ0v) is 13.9. The third kappa shape index (κ3) is 2.94. The van der Waals surface area contributed by atoms with Gasteiger partial charge in [0.1, 0.15) is 11.5 Å². The number of rotatable bonds is 3. The fourth-order valence-corrected chi connectivity index (χ4v) is 3.55. The number of hydrogen-bond donors (Lipinski definition) is 0. The van der Waals surface area contributed by atoms with E-state index >= 15 is 0 Å². The van der Waals surface area contributed by atoms with Gasteiger partial charge in [0.05, 0.1) is 0 Å². The van der Waals surface area contributed by atoms with Crippen LogP contribution in [-0.4, -0.2) is 0 Å². The third-order valence-corrected chi connectivity index (χ3v) is 4.70. The molecule has 0 saturated heterocycles. The molecule has 1 nitrogen and oxygen atoms in total. The summed E-state index contributed by atoms with van der Waals surface area (Å²) >= 11 is 3.82. The molecule has 0 bridgehead atoms. The molecule has 1 aromatic heterocycles. The summed E-state index contributed by atoms with van der Waals surface area (Å²) in [5.74, 6) is 2.05. The largest absolute Gasteiger partial charge is 0.466 e. The van der Waals surface area contributed by atoms with Crippen LogP contribution in [0.2, 0.25) is 0 Å². The van der Waals surface area contributed by atoms with Gasteiger partial charge in [-0.25, -0.2) is 0 Å². The number of furan rings is 1. The highest BCUT2D eigenvalue weighted by Gasteiger charge is 2.19. The van der Waals surface area contributed by atoms with Gasteiger partial charge in [0.2, 0.25) is 0 Å². The molecule has 102 valence electrons. The minimum absolute atomic E-state index is 0.312. The van der Waals surface area contributed by atoms with Crippen molar-refractivity contribution < 1.29 is 4.42 Å². The molecule has 0 spiro atoms. The van der Waals surface area contributed by atoms with Crippen molar-refractivity contribution in [3.8, 4) is 0 Å². The average Bonchev–Trinajstić information content (AvgIpc) is 2.58. The van der Waals surface area contributed by atoms with Crippen molar-refractivity contribution in [3.63, 3.8) is 0 Å². The first-order valence-corrected chi connectivity index (χ1v) is 7.58. The lowest BCUT2D eigenvalue weighted by molar-refractivity contribution is 0.499. The second-order valence-electron chi connectivity index (χ2n) is 5.34. The van der Waals surface area contributed by atoms with E-state index in [1.54, 1.807) is 0 Å². The highest BCUT2D eigenvalue weighted by Crippen LogP contribution is 2.35. The molecular formula is C17H21BrO. The second-order valence-corrected chi connectivity index (χ2v) is 6.45. The zero-order valence-electron chi connectivity index (χ0n) is 12.3. The smallest absolute Gasteiger partial charge is 0.105 e. The lowest BCUT2D eigenvalue weighted by Gasteiger charge is -2.12. The number of aryl methyl sites for hydroxylation is 4. The van der Waals surface area contributed by atoms with E-state index in [2.05, 4.69) is 54.9 Å². The predicted molar refractivity (Wildman–Crippen MR) is 84.2 cm³/mol. The lowest BCUT2D eigenvalue weighted by Crippen LogP contribution is -1.98. The Hall–Kier alpha value is -1.02. The molecule has 0 fully saturated rings. The fourth-order valence-electron chi connectivity index (χ4n) is 2.51. The summed E-state index contributed by atoms with van der Waals surface area (Å²) in [6.45, 7) is 10.5. The molecule has 2 aromatic rings. The molecule has 0 aliphatic carbocycles. The Morgan fingerprint density at radius 2 is 1.68 bits per heavy atom. The van der Waals surface area contributed by atoms with Gasteiger partial charge < -0.3 is 4.42 Å². The van der Waals surface area contributed by atoms with Crippen LogP contribution >= 0.6 is 15.9 Å². The Balaban J connectivity index is 2.25. The summed E-state index contributed by atoms with van der Waals surface area (Å²) in [5.41, 5.74) is 6.64. The van der Waals surface area contributed by atoms with Gasteiger partial charge in [-0.15, -0.1) is 0 Å². The zero-order chi connectivity index (χ0) is 14.2. The van der Waals surface area contributed by atoms with Crippen LogP contribution in [0.25, 0.3) is 0 Å². The van der Waals surface area contributed by atoms with Gasteiger partial charge >= 0.3 is 0 Å². The van der Waals surface area contributed by atoms with Crippen molar-refractivity contribution in [2.24, 2.45) is 0 Å². The molecule has 0 saturated carbocycles. The Morgan fingerprint density at radius 1 is 1.00 bits per heavy atom. The quantitative estimate of drug-likeness (QED) is 0.680. The van der Waals surface area contributed by atoms with E-state index in [0.29, 0.717) is 4.83 Å². The molecule has 1 heterocycles. The number of hydrogen-bond acceptors (Lipinski definition) is 1. The van der Waals surface area contributed by atoms with Crippen molar-refractivity contribution in [1.82, 2.24) is 0 Å². The summed E-state index contributed by atoms with van der Waals surface area (Å²) < 4.78 is 5.72. The normalized spacial score (nSPS) is 12.7. The number of halogens is 1. The number of alkyl halides is 1. The van der Waals surface area contributed by atoms with Crippen LogP contribution < -0.4 is 0 Å². The van der Waals surface area contributed by atoms with Crippen LogP contribution in [-0.2, 0) is 6.42 Å². The minimum Gasteiger partial charge on any atom is -0.466 e. The van der Waals surface area contributed by atoms with E-state index in [9.17, 15) is 0 Å². The summed E-state index contributed by atoms with van der Waals surface area (Å²) in [5, 5.41) is 0. The molecule has 0 aliphatic heterocycles. The van der Waals surface area contributed by atoms with Gasteiger partial charge in [-0.3, -0.25) is 0 Å². The maximum absolute atomic E-state index is 5.72. The topological polar surface area (TPSA) is 13.1 Å². The molecule has 2 heteroatoms. The summed E-state index contributed by atoms with van der Waals surface area (Å²) in [4.78, 5) is 0.312. The molecule has 0 aliphatic rings. The minimum atomic E-state index is 0.312. The maximum atomic E-state index is 5.72. The van der Waals surface area contributed by atoms with E-state index in [1.165, 1.54) is 27.8 Å². The van der Waals surface area contributed by atoms with E-state index in [4.69, 9.17) is 4.42 Å². The maximum Gasteiger partial charge on any atom is 0.105 e. The van der Waals surface area contributed by atoms with Crippen LogP contribution in [0.5, 0.6) is 0 Å². The fraction of sp³-hybridized carbons (Fsp3) is 0.412. The Morgan fingerprint density at radius 3 is 2.21 bits per heavy atom. The predicted octanol–water partition coefficient (Wildman–Crippen LogP) is 5.50. The Bertz CT molecular complexity index is 596. The Labute approximate surface area is 124 Å². The molecule has 0 N–H and O–H groups in total. The summed E-state index contributed by atoms with van der Waals surface area (Å²) in [6.07, 6.45) is 0.988. The molecule has 0 amide bonds. The van der Waals surface area contributed by atoms with Crippen LogP contribution in [0.3, 0.4) is 0 Å². The van der Waals surface area contributed by atoms with Gasteiger partial charge in [-0.05, 0) is 63.3 Å². The molecule has 0 radical (unpaired) electrons. The first-order valence-electron chi connectivity index (χ1n) is 6.66. The molecular weight excluding hydrogens is 300 g/mol. The molecule has 19 heavy (non-hydrogen) atoms. The van der Waals surface area contributed by atoms with E-state index < -0.39 is 0 Å². The van der Waals surface area contributed by atoms with Crippen molar-refractivity contribution in [2.45, 2.75) is 45.9 Å². The number of benzene rings is 1. The third-order valence-electron chi connectivity index (χ3n) is 3.92.